The molecule has 0 spiro atoms. The van der Waals surface area contributed by atoms with Crippen molar-refractivity contribution in [3.8, 4) is 0 Å². The van der Waals surface area contributed by atoms with Crippen molar-refractivity contribution in [1.29, 1.82) is 0 Å². The van der Waals surface area contributed by atoms with Crippen LogP contribution in [0.4, 0.5) is 5.69 Å². The molecule has 2 N–H and O–H groups in total. The summed E-state index contributed by atoms with van der Waals surface area (Å²) >= 11 is 3.41. The van der Waals surface area contributed by atoms with Gasteiger partial charge in [-0.25, -0.2) is 4.79 Å². The maximum Gasteiger partial charge on any atom is 0.336 e. The van der Waals surface area contributed by atoms with Gasteiger partial charge in [0.2, 0.25) is 0 Å². The Morgan fingerprint density at radius 2 is 1.68 bits per heavy atom. The van der Waals surface area contributed by atoms with Gasteiger partial charge in [0.25, 0.3) is 0 Å². The highest BCUT2D eigenvalue weighted by Crippen LogP contribution is 2.48. The highest BCUT2D eigenvalue weighted by molar-refractivity contribution is 9.10. The molecule has 3 rings (SSSR count). The number of ether oxygens (including phenoxy) is 2. The Balaban J connectivity index is 2.23. The molecule has 0 aliphatic heterocycles. The van der Waals surface area contributed by atoms with E-state index in [9.17, 15) is 14.7 Å². The van der Waals surface area contributed by atoms with Crippen LogP contribution in [0, 0.1) is 12.8 Å². The van der Waals surface area contributed by atoms with Crippen molar-refractivity contribution in [2.24, 2.45) is 5.92 Å². The van der Waals surface area contributed by atoms with Crippen LogP contribution in [0.2, 0.25) is 0 Å². The predicted octanol–water partition coefficient (Wildman–Crippen LogP) is 4.32. The maximum atomic E-state index is 13.0. The predicted molar refractivity (Wildman–Crippen MR) is 121 cm³/mol. The molecule has 1 aliphatic carbocycles. The van der Waals surface area contributed by atoms with Crippen LogP contribution in [0.25, 0.3) is 0 Å². The van der Waals surface area contributed by atoms with Gasteiger partial charge >= 0.3 is 11.9 Å². The van der Waals surface area contributed by atoms with Crippen LogP contribution in [0.1, 0.15) is 30.4 Å². The molecule has 2 aromatic rings. The largest absolute Gasteiger partial charge is 0.469 e. The van der Waals surface area contributed by atoms with Crippen molar-refractivity contribution < 1.29 is 24.2 Å². The molecule has 0 aromatic heterocycles. The number of nitrogens with one attached hydrogen (secondary N) is 1. The number of anilines is 1. The van der Waals surface area contributed by atoms with Gasteiger partial charge in [-0.3, -0.25) is 4.79 Å². The van der Waals surface area contributed by atoms with Crippen LogP contribution in [-0.2, 0) is 19.1 Å². The Morgan fingerprint density at radius 1 is 1.06 bits per heavy atom. The van der Waals surface area contributed by atoms with Crippen LogP contribution in [0.3, 0.4) is 0 Å². The number of halogens is 1. The number of hydrogen-bond acceptors (Lipinski definition) is 6. The third-order valence-electron chi connectivity index (χ3n) is 5.61. The van der Waals surface area contributed by atoms with Crippen molar-refractivity contribution in [2.45, 2.75) is 31.8 Å². The topological polar surface area (TPSA) is 84.9 Å². The van der Waals surface area contributed by atoms with Gasteiger partial charge in [0.05, 0.1) is 31.3 Å². The van der Waals surface area contributed by atoms with Crippen molar-refractivity contribution in [1.82, 2.24) is 0 Å². The smallest absolute Gasteiger partial charge is 0.336 e. The molecule has 6 nitrogen and oxygen atoms in total. The van der Waals surface area contributed by atoms with Gasteiger partial charge in [-0.2, -0.15) is 0 Å². The second kappa shape index (κ2) is 9.24. The lowest BCUT2D eigenvalue weighted by atomic mass is 9.66. The minimum absolute atomic E-state index is 0.0537. The van der Waals surface area contributed by atoms with Crippen LogP contribution in [0.5, 0.6) is 0 Å². The lowest BCUT2D eigenvalue weighted by Crippen LogP contribution is -2.49. The van der Waals surface area contributed by atoms with Gasteiger partial charge in [0.1, 0.15) is 0 Å². The van der Waals surface area contributed by atoms with Gasteiger partial charge in [-0.15, -0.1) is 0 Å². The first-order chi connectivity index (χ1) is 14.7. The number of methoxy groups -OCH3 is 2. The van der Waals surface area contributed by atoms with Gasteiger partial charge in [0.15, 0.2) is 0 Å². The van der Waals surface area contributed by atoms with E-state index < -0.39 is 29.4 Å². The van der Waals surface area contributed by atoms with Crippen molar-refractivity contribution in [3.63, 3.8) is 0 Å². The average molecular weight is 488 g/mol. The minimum atomic E-state index is -1.46. The summed E-state index contributed by atoms with van der Waals surface area (Å²) in [5.74, 6) is -2.90. The van der Waals surface area contributed by atoms with Crippen molar-refractivity contribution >= 4 is 33.6 Å². The number of esters is 2. The molecular weight excluding hydrogens is 462 g/mol. The molecule has 31 heavy (non-hydrogen) atoms. The zero-order valence-corrected chi connectivity index (χ0v) is 19.5. The Bertz CT molecular complexity index is 996. The monoisotopic (exact) mass is 487 g/mol. The van der Waals surface area contributed by atoms with Crippen LogP contribution < -0.4 is 5.32 Å². The summed E-state index contributed by atoms with van der Waals surface area (Å²) in [6.07, 6.45) is 0.0537. The molecule has 7 heteroatoms. The van der Waals surface area contributed by atoms with E-state index in [1.165, 1.54) is 14.2 Å². The van der Waals surface area contributed by atoms with E-state index >= 15 is 0 Å². The summed E-state index contributed by atoms with van der Waals surface area (Å²) in [7, 11) is 2.58. The first-order valence-electron chi connectivity index (χ1n) is 9.88. The number of aliphatic hydroxyl groups is 1. The summed E-state index contributed by atoms with van der Waals surface area (Å²) in [4.78, 5) is 25.8. The second-order valence-corrected chi connectivity index (χ2v) is 8.85. The number of benzene rings is 2. The number of aryl methyl sites for hydroxylation is 1. The second-order valence-electron chi connectivity index (χ2n) is 7.94. The van der Waals surface area contributed by atoms with Crippen molar-refractivity contribution in [2.75, 3.05) is 19.5 Å². The first kappa shape index (κ1) is 23.0. The fourth-order valence-electron chi connectivity index (χ4n) is 4.11. The normalized spacial score (nSPS) is 23.3. The lowest BCUT2D eigenvalue weighted by molar-refractivity contribution is -0.157. The van der Waals surface area contributed by atoms with Gasteiger partial charge in [-0.05, 0) is 43.7 Å². The van der Waals surface area contributed by atoms with E-state index in [1.807, 2.05) is 55.5 Å². The molecule has 0 saturated carbocycles. The summed E-state index contributed by atoms with van der Waals surface area (Å²) in [5.41, 5.74) is 1.91. The fraction of sp³-hybridized carbons (Fsp3) is 0.333. The molecule has 164 valence electrons. The van der Waals surface area contributed by atoms with E-state index in [4.69, 9.17) is 9.47 Å². The van der Waals surface area contributed by atoms with Crippen molar-refractivity contribution in [3.05, 3.63) is 75.4 Å². The zero-order chi connectivity index (χ0) is 22.8. The molecule has 0 heterocycles. The van der Waals surface area contributed by atoms with E-state index in [0.29, 0.717) is 16.8 Å². The van der Waals surface area contributed by atoms with E-state index in [1.54, 1.807) is 6.92 Å². The standard InChI is InChI=1S/C24H26BrNO5/c1-14-5-11-17(12-6-14)26-18-13-24(2,29)21(23(28)31-4)19(20(18)22(27)30-3)15-7-9-16(25)10-8-15/h5-12,19,21,26,29H,13H2,1-4H3. The summed E-state index contributed by atoms with van der Waals surface area (Å²) in [6, 6.07) is 15.0. The lowest BCUT2D eigenvalue weighted by Gasteiger charge is -2.42. The number of rotatable bonds is 5. The maximum absolute atomic E-state index is 13.0. The summed E-state index contributed by atoms with van der Waals surface area (Å²) in [6.45, 7) is 3.57. The van der Waals surface area contributed by atoms with Crippen LogP contribution in [-0.4, -0.2) is 36.9 Å². The quantitative estimate of drug-likeness (QED) is 0.610. The fourth-order valence-corrected chi connectivity index (χ4v) is 4.37. The molecule has 0 saturated heterocycles. The van der Waals surface area contributed by atoms with Crippen LogP contribution in [0.15, 0.2) is 64.3 Å². The number of carbonyl (C=O) groups is 2. The molecule has 3 atom stereocenters. The molecule has 3 unspecified atom stereocenters. The van der Waals surface area contributed by atoms with Gasteiger partial charge in [-0.1, -0.05) is 45.8 Å². The van der Waals surface area contributed by atoms with Gasteiger partial charge in [0, 0.05) is 28.2 Å². The third-order valence-corrected chi connectivity index (χ3v) is 6.14. The minimum Gasteiger partial charge on any atom is -0.469 e. The Morgan fingerprint density at radius 3 is 2.23 bits per heavy atom. The van der Waals surface area contributed by atoms with Crippen LogP contribution >= 0.6 is 15.9 Å². The third kappa shape index (κ3) is 4.83. The average Bonchev–Trinajstić information content (AvgIpc) is 2.74. The Hall–Kier alpha value is -2.64. The molecule has 1 aliphatic rings. The summed E-state index contributed by atoms with van der Waals surface area (Å²) in [5, 5.41) is 14.6. The highest BCUT2D eigenvalue weighted by atomic mass is 79.9. The Kier molecular flexibility index (Phi) is 6.86. The summed E-state index contributed by atoms with van der Waals surface area (Å²) < 4.78 is 11.0. The highest BCUT2D eigenvalue weighted by Gasteiger charge is 2.52. The first-order valence-corrected chi connectivity index (χ1v) is 10.7. The molecular formula is C24H26BrNO5. The van der Waals surface area contributed by atoms with Gasteiger partial charge < -0.3 is 19.9 Å². The van der Waals surface area contributed by atoms with E-state index in [-0.39, 0.29) is 6.42 Å². The molecule has 0 bridgehead atoms. The molecule has 0 radical (unpaired) electrons. The number of carbonyl (C=O) groups excluding carboxylic acids is 2. The molecule has 0 fully saturated rings. The molecule has 2 aromatic carbocycles. The van der Waals surface area contributed by atoms with E-state index in [0.717, 1.165) is 15.7 Å². The Labute approximate surface area is 190 Å². The zero-order valence-electron chi connectivity index (χ0n) is 17.9. The molecule has 0 amide bonds. The SMILES string of the molecule is COC(=O)C1=C(Nc2ccc(C)cc2)CC(C)(O)C(C(=O)OC)C1c1ccc(Br)cc1. The van der Waals surface area contributed by atoms with E-state index in [2.05, 4.69) is 21.2 Å². The number of hydrogen-bond donors (Lipinski definition) is 2.